The molecule has 0 aliphatic rings. The number of carbonyl (C=O) groups excluding carboxylic acids is 1. The van der Waals surface area contributed by atoms with E-state index in [1.165, 1.54) is 0 Å². The van der Waals surface area contributed by atoms with Gasteiger partial charge in [0.15, 0.2) is 8.32 Å². The van der Waals surface area contributed by atoms with E-state index in [0.717, 1.165) is 17.4 Å². The Kier molecular flexibility index (Phi) is 9.02. The Labute approximate surface area is 158 Å². The van der Waals surface area contributed by atoms with Crippen LogP contribution in [0.2, 0.25) is 37.8 Å². The van der Waals surface area contributed by atoms with Gasteiger partial charge >= 0.3 is 0 Å². The number of allylic oxidation sites excluding steroid dienone is 3. The summed E-state index contributed by atoms with van der Waals surface area (Å²) in [5.74, 6) is 0.262. The van der Waals surface area contributed by atoms with Crippen LogP contribution in [0, 0.1) is 5.92 Å². The van der Waals surface area contributed by atoms with E-state index in [2.05, 4.69) is 85.2 Å². The molecule has 0 aromatic rings. The largest absolute Gasteiger partial charge is 0.410 e. The van der Waals surface area contributed by atoms with E-state index in [9.17, 15) is 4.79 Å². The molecule has 0 saturated heterocycles. The second-order valence-corrected chi connectivity index (χ2v) is 19.7. The lowest BCUT2D eigenvalue weighted by molar-refractivity contribution is -0.104. The molecule has 4 heteroatoms. The summed E-state index contributed by atoms with van der Waals surface area (Å²) in [7, 11) is -3.14. The SMILES string of the molecule is C/C(C=O)=C\C(C)=C\[C@@H](C)[C@@H](/C=C/[Si](C)(C)C)O[Si](C)(C)C(C)(C)C. The second-order valence-electron chi connectivity index (χ2n) is 9.84. The topological polar surface area (TPSA) is 26.3 Å². The van der Waals surface area contributed by atoms with Gasteiger partial charge in [0, 0.05) is 5.92 Å². The van der Waals surface area contributed by atoms with Crippen molar-refractivity contribution in [2.75, 3.05) is 0 Å². The maximum absolute atomic E-state index is 10.8. The third-order valence-corrected chi connectivity index (χ3v) is 10.4. The molecule has 0 radical (unpaired) electrons. The lowest BCUT2D eigenvalue weighted by Gasteiger charge is -2.40. The molecular formula is C21H40O2Si2. The van der Waals surface area contributed by atoms with Gasteiger partial charge in [0.25, 0.3) is 0 Å². The third-order valence-electron chi connectivity index (χ3n) is 4.71. The van der Waals surface area contributed by atoms with Gasteiger partial charge in [0.2, 0.25) is 0 Å². The molecule has 0 spiro atoms. The molecule has 25 heavy (non-hydrogen) atoms. The van der Waals surface area contributed by atoms with Crippen LogP contribution >= 0.6 is 0 Å². The molecule has 0 aliphatic heterocycles. The highest BCUT2D eigenvalue weighted by Crippen LogP contribution is 2.38. The predicted octanol–water partition coefficient (Wildman–Crippen LogP) is 6.54. The van der Waals surface area contributed by atoms with Crippen LogP contribution in [0.5, 0.6) is 0 Å². The Hall–Kier alpha value is -0.716. The molecule has 0 heterocycles. The zero-order valence-electron chi connectivity index (χ0n) is 18.4. The summed E-state index contributed by atoms with van der Waals surface area (Å²) in [4.78, 5) is 10.8. The maximum atomic E-state index is 10.8. The first-order valence-corrected chi connectivity index (χ1v) is 15.8. The van der Waals surface area contributed by atoms with Crippen LogP contribution in [-0.4, -0.2) is 28.8 Å². The fourth-order valence-corrected chi connectivity index (χ4v) is 4.27. The van der Waals surface area contributed by atoms with Gasteiger partial charge in [0.05, 0.1) is 14.2 Å². The second kappa shape index (κ2) is 9.29. The summed E-state index contributed by atoms with van der Waals surface area (Å²) >= 11 is 0. The molecule has 0 aromatic heterocycles. The van der Waals surface area contributed by atoms with Crippen LogP contribution in [-0.2, 0) is 9.22 Å². The number of hydrogen-bond donors (Lipinski definition) is 0. The van der Waals surface area contributed by atoms with Crippen LogP contribution in [0.1, 0.15) is 41.5 Å². The van der Waals surface area contributed by atoms with Gasteiger partial charge in [-0.1, -0.05) is 76.8 Å². The van der Waals surface area contributed by atoms with Crippen molar-refractivity contribution in [2.45, 2.75) is 85.4 Å². The quantitative estimate of drug-likeness (QED) is 0.207. The summed E-state index contributed by atoms with van der Waals surface area (Å²) < 4.78 is 6.73. The van der Waals surface area contributed by atoms with Crippen LogP contribution in [0.25, 0.3) is 0 Å². The van der Waals surface area contributed by atoms with E-state index < -0.39 is 16.4 Å². The minimum absolute atomic E-state index is 0.0764. The van der Waals surface area contributed by atoms with Crippen molar-refractivity contribution in [3.05, 3.63) is 35.1 Å². The number of aldehydes is 1. The van der Waals surface area contributed by atoms with Gasteiger partial charge in [0.1, 0.15) is 6.29 Å². The highest BCUT2D eigenvalue weighted by molar-refractivity contribution is 6.81. The Morgan fingerprint density at radius 1 is 1.00 bits per heavy atom. The molecule has 0 bridgehead atoms. The van der Waals surface area contributed by atoms with E-state index in [4.69, 9.17) is 4.43 Å². The Morgan fingerprint density at radius 2 is 1.52 bits per heavy atom. The molecule has 0 N–H and O–H groups in total. The summed E-state index contributed by atoms with van der Waals surface area (Å²) in [6, 6.07) is 0. The number of hydrogen-bond acceptors (Lipinski definition) is 2. The average molecular weight is 381 g/mol. The van der Waals surface area contributed by atoms with Crippen molar-refractivity contribution in [2.24, 2.45) is 5.92 Å². The van der Waals surface area contributed by atoms with Crippen molar-refractivity contribution in [3.8, 4) is 0 Å². The Morgan fingerprint density at radius 3 is 1.92 bits per heavy atom. The first kappa shape index (κ1) is 24.3. The van der Waals surface area contributed by atoms with Gasteiger partial charge in [-0.25, -0.2) is 0 Å². The van der Waals surface area contributed by atoms with Gasteiger partial charge in [-0.05, 0) is 37.6 Å². The molecule has 2 atom stereocenters. The number of rotatable bonds is 8. The van der Waals surface area contributed by atoms with Crippen molar-refractivity contribution in [1.82, 2.24) is 0 Å². The fourth-order valence-electron chi connectivity index (χ4n) is 2.17. The van der Waals surface area contributed by atoms with Gasteiger partial charge in [-0.15, -0.1) is 0 Å². The van der Waals surface area contributed by atoms with Gasteiger partial charge < -0.3 is 4.43 Å². The highest BCUT2D eigenvalue weighted by atomic mass is 28.4. The first-order valence-electron chi connectivity index (χ1n) is 9.28. The van der Waals surface area contributed by atoms with Crippen molar-refractivity contribution < 1.29 is 9.22 Å². The minimum atomic E-state index is -1.85. The van der Waals surface area contributed by atoms with Crippen molar-refractivity contribution >= 4 is 22.7 Å². The molecule has 0 aromatic carbocycles. The predicted molar refractivity (Wildman–Crippen MR) is 117 cm³/mol. The Balaban J connectivity index is 5.63. The molecule has 0 fully saturated rings. The molecular weight excluding hydrogens is 340 g/mol. The van der Waals surface area contributed by atoms with E-state index >= 15 is 0 Å². The minimum Gasteiger partial charge on any atom is -0.410 e. The molecule has 0 rings (SSSR count). The summed E-state index contributed by atoms with van der Waals surface area (Å²) in [6.07, 6.45) is 7.43. The zero-order chi connectivity index (χ0) is 20.1. The van der Waals surface area contributed by atoms with Crippen LogP contribution in [0.15, 0.2) is 35.1 Å². The van der Waals surface area contributed by atoms with E-state index in [-0.39, 0.29) is 17.1 Å². The number of carbonyl (C=O) groups is 1. The van der Waals surface area contributed by atoms with Gasteiger partial charge in [-0.3, -0.25) is 4.79 Å². The molecule has 0 aliphatic carbocycles. The van der Waals surface area contributed by atoms with Crippen molar-refractivity contribution in [3.63, 3.8) is 0 Å². The molecule has 144 valence electrons. The molecule has 2 nitrogen and oxygen atoms in total. The van der Waals surface area contributed by atoms with E-state index in [0.29, 0.717) is 0 Å². The van der Waals surface area contributed by atoms with Crippen LogP contribution < -0.4 is 0 Å². The molecule has 0 saturated carbocycles. The lowest BCUT2D eigenvalue weighted by atomic mass is 10.0. The molecule has 0 unspecified atom stereocenters. The van der Waals surface area contributed by atoms with Crippen molar-refractivity contribution in [1.29, 1.82) is 0 Å². The summed E-state index contributed by atoms with van der Waals surface area (Å²) in [5, 5.41) is 0.185. The highest BCUT2D eigenvalue weighted by Gasteiger charge is 2.39. The monoisotopic (exact) mass is 380 g/mol. The Bertz CT molecular complexity index is 529. The van der Waals surface area contributed by atoms with E-state index in [1.54, 1.807) is 0 Å². The standard InChI is InChI=1S/C21H40O2Si2/c1-17(14-18(2)16-22)15-19(3)20(12-13-24(7,8)9)23-25(10,11)21(4,5)6/h12-16,19-20H,1-11H3/b13-12+,17-15+,18-14+/t19-,20-/m1/s1. The fraction of sp³-hybridized carbons (Fsp3) is 0.667. The summed E-state index contributed by atoms with van der Waals surface area (Å²) in [5.41, 5.74) is 4.25. The van der Waals surface area contributed by atoms with Crippen LogP contribution in [0.3, 0.4) is 0 Å². The zero-order valence-corrected chi connectivity index (χ0v) is 20.4. The van der Waals surface area contributed by atoms with Gasteiger partial charge in [-0.2, -0.15) is 0 Å². The molecule has 0 amide bonds. The smallest absolute Gasteiger partial charge is 0.192 e. The van der Waals surface area contributed by atoms with Crippen LogP contribution in [0.4, 0.5) is 0 Å². The normalized spacial score (nSPS) is 17.7. The lowest BCUT2D eigenvalue weighted by Crippen LogP contribution is -2.45. The summed E-state index contributed by atoms with van der Waals surface area (Å²) in [6.45, 7) is 24.6. The average Bonchev–Trinajstić information content (AvgIpc) is 2.40. The third kappa shape index (κ3) is 9.52. The van der Waals surface area contributed by atoms with E-state index in [1.807, 2.05) is 13.0 Å². The maximum Gasteiger partial charge on any atom is 0.192 e. The first-order chi connectivity index (χ1) is 11.1.